The first-order valence-corrected chi connectivity index (χ1v) is 16.9. The molecule has 6 rings (SSSR count). The van der Waals surface area contributed by atoms with E-state index in [1.54, 1.807) is 39.8 Å². The minimum absolute atomic E-state index is 0.0572. The quantitative estimate of drug-likeness (QED) is 0.183. The van der Waals surface area contributed by atoms with E-state index in [2.05, 4.69) is 20.3 Å². The summed E-state index contributed by atoms with van der Waals surface area (Å²) in [5.41, 5.74) is -2.00. The number of fused-ring (bicyclic) bond motifs is 2. The summed E-state index contributed by atoms with van der Waals surface area (Å²) >= 11 is 0. The lowest BCUT2D eigenvalue weighted by Gasteiger charge is -2.38. The van der Waals surface area contributed by atoms with Crippen molar-refractivity contribution in [2.24, 2.45) is 0 Å². The Labute approximate surface area is 280 Å². The highest BCUT2D eigenvalue weighted by molar-refractivity contribution is 7.90. The largest absolute Gasteiger partial charge is 0.444 e. The molecule has 4 heterocycles. The van der Waals surface area contributed by atoms with Gasteiger partial charge in [-0.25, -0.2) is 31.5 Å². The molecular formula is C34H34F4N6O4S. The molecule has 5 aromatic rings. The second kappa shape index (κ2) is 12.3. The van der Waals surface area contributed by atoms with Gasteiger partial charge in [-0.2, -0.15) is 13.2 Å². The summed E-state index contributed by atoms with van der Waals surface area (Å²) in [5, 5.41) is 3.61. The minimum Gasteiger partial charge on any atom is -0.444 e. The zero-order valence-electron chi connectivity index (χ0n) is 27.2. The van der Waals surface area contributed by atoms with Crippen molar-refractivity contribution in [1.82, 2.24) is 23.8 Å². The maximum absolute atomic E-state index is 16.0. The Hall–Kier alpha value is -4.79. The van der Waals surface area contributed by atoms with Gasteiger partial charge in [-0.15, -0.1) is 0 Å². The van der Waals surface area contributed by atoms with Crippen LogP contribution < -0.4 is 5.32 Å². The molecule has 0 radical (unpaired) electrons. The van der Waals surface area contributed by atoms with E-state index in [1.165, 1.54) is 47.9 Å². The number of alkyl halides is 4. The van der Waals surface area contributed by atoms with Gasteiger partial charge in [0.15, 0.2) is 0 Å². The fraction of sp³-hybridized carbons (Fsp3) is 0.353. The number of carbonyl (C=O) groups is 1. The van der Waals surface area contributed by atoms with Gasteiger partial charge in [0.1, 0.15) is 11.3 Å². The Morgan fingerprint density at radius 1 is 1.04 bits per heavy atom. The van der Waals surface area contributed by atoms with Gasteiger partial charge in [0, 0.05) is 53.2 Å². The number of amides is 1. The number of ether oxygens (including phenoxy) is 1. The summed E-state index contributed by atoms with van der Waals surface area (Å²) < 4.78 is 91.4. The minimum atomic E-state index is -4.72. The number of likely N-dealkylation sites (tertiary alicyclic amines) is 1. The van der Waals surface area contributed by atoms with Gasteiger partial charge in [0.25, 0.3) is 10.0 Å². The zero-order valence-corrected chi connectivity index (χ0v) is 28.0. The number of hydrogen-bond donors (Lipinski definition) is 1. The molecule has 1 fully saturated rings. The Balaban J connectivity index is 1.38. The molecule has 258 valence electrons. The predicted molar refractivity (Wildman–Crippen MR) is 176 cm³/mol. The maximum Gasteiger partial charge on any atom is 0.416 e. The summed E-state index contributed by atoms with van der Waals surface area (Å²) in [7, 11) is -4.34. The van der Waals surface area contributed by atoms with Crippen LogP contribution >= 0.6 is 0 Å². The van der Waals surface area contributed by atoms with Crippen molar-refractivity contribution in [2.75, 3.05) is 25.0 Å². The van der Waals surface area contributed by atoms with E-state index in [9.17, 15) is 26.4 Å². The Morgan fingerprint density at radius 2 is 1.78 bits per heavy atom. The molecule has 1 unspecified atom stereocenters. The smallest absolute Gasteiger partial charge is 0.416 e. The Morgan fingerprint density at radius 3 is 2.47 bits per heavy atom. The highest BCUT2D eigenvalue weighted by atomic mass is 32.2. The highest BCUT2D eigenvalue weighted by Crippen LogP contribution is 2.39. The van der Waals surface area contributed by atoms with E-state index < -0.39 is 39.1 Å². The van der Waals surface area contributed by atoms with E-state index >= 15 is 4.39 Å². The normalized spacial score (nSPS) is 17.4. The summed E-state index contributed by atoms with van der Waals surface area (Å²) in [5.74, 6) is 0.0572. The van der Waals surface area contributed by atoms with Crippen LogP contribution in [0.2, 0.25) is 0 Å². The number of carbonyl (C=O) groups excluding carboxylic acids is 1. The lowest BCUT2D eigenvalue weighted by atomic mass is 9.95. The van der Waals surface area contributed by atoms with Gasteiger partial charge in [-0.3, -0.25) is 4.98 Å². The Kier molecular flexibility index (Phi) is 8.54. The van der Waals surface area contributed by atoms with Crippen LogP contribution in [-0.4, -0.2) is 69.2 Å². The van der Waals surface area contributed by atoms with E-state index in [0.29, 0.717) is 29.4 Å². The number of halogens is 4. The molecule has 1 atom stereocenters. The van der Waals surface area contributed by atoms with Gasteiger partial charge in [0.05, 0.1) is 34.6 Å². The van der Waals surface area contributed by atoms with Crippen LogP contribution in [0, 0.1) is 6.92 Å². The number of anilines is 1. The monoisotopic (exact) mass is 698 g/mol. The number of benzene rings is 2. The molecule has 3 aromatic heterocycles. The molecule has 0 spiro atoms. The molecule has 1 aliphatic heterocycles. The third-order valence-corrected chi connectivity index (χ3v) is 9.89. The molecule has 0 aliphatic carbocycles. The van der Waals surface area contributed by atoms with Crippen molar-refractivity contribution in [3.63, 3.8) is 0 Å². The second-order valence-corrected chi connectivity index (χ2v) is 15.0. The molecule has 10 nitrogen and oxygen atoms in total. The van der Waals surface area contributed by atoms with Crippen LogP contribution in [0.15, 0.2) is 72.1 Å². The standard InChI is InChI=1S/C34H34F4N6O4S/c1-21-6-9-24(10-7-21)49(46,47)44-18-27(25-11-8-23(14-28(25)44)34(36,37)38)26-17-39-15-22-16-40-30(42-29(22)26)41-19-33(35)12-5-13-43(20-33)31(45)48-32(2,3)4/h6-11,14-18H,5,12-13,19-20H2,1-4H3,(H,40,41,42). The van der Waals surface area contributed by atoms with E-state index in [0.717, 1.165) is 21.7 Å². The third kappa shape index (κ3) is 7.02. The van der Waals surface area contributed by atoms with Crippen LogP contribution in [0.3, 0.4) is 0 Å². The van der Waals surface area contributed by atoms with Crippen LogP contribution in [0.4, 0.5) is 28.3 Å². The van der Waals surface area contributed by atoms with E-state index in [1.807, 2.05) is 0 Å². The molecule has 1 aliphatic rings. The van der Waals surface area contributed by atoms with Crippen molar-refractivity contribution in [3.8, 4) is 11.1 Å². The molecule has 1 saturated heterocycles. The summed E-state index contributed by atoms with van der Waals surface area (Å²) in [6.07, 6.45) is 0.947. The van der Waals surface area contributed by atoms with E-state index in [-0.39, 0.29) is 46.8 Å². The second-order valence-electron chi connectivity index (χ2n) is 13.2. The van der Waals surface area contributed by atoms with Crippen LogP contribution in [0.5, 0.6) is 0 Å². The predicted octanol–water partition coefficient (Wildman–Crippen LogP) is 7.36. The lowest BCUT2D eigenvalue weighted by Crippen LogP contribution is -2.52. The first-order valence-electron chi connectivity index (χ1n) is 15.5. The van der Waals surface area contributed by atoms with Crippen molar-refractivity contribution in [1.29, 1.82) is 0 Å². The average molecular weight is 699 g/mol. The molecule has 0 saturated carbocycles. The molecule has 1 N–H and O–H groups in total. The van der Waals surface area contributed by atoms with Crippen molar-refractivity contribution < 1.29 is 35.5 Å². The summed E-state index contributed by atoms with van der Waals surface area (Å²) in [4.78, 5) is 27.0. The molecular weight excluding hydrogens is 664 g/mol. The van der Waals surface area contributed by atoms with Crippen LogP contribution in [0.25, 0.3) is 32.9 Å². The topological polar surface area (TPSA) is 119 Å². The van der Waals surface area contributed by atoms with Gasteiger partial charge < -0.3 is 15.0 Å². The fourth-order valence-corrected chi connectivity index (χ4v) is 7.16. The van der Waals surface area contributed by atoms with Crippen LogP contribution in [-0.2, 0) is 20.9 Å². The van der Waals surface area contributed by atoms with Gasteiger partial charge in [-0.1, -0.05) is 23.8 Å². The molecule has 15 heteroatoms. The zero-order chi connectivity index (χ0) is 35.4. The molecule has 49 heavy (non-hydrogen) atoms. The van der Waals surface area contributed by atoms with Gasteiger partial charge in [0.2, 0.25) is 5.95 Å². The lowest BCUT2D eigenvalue weighted by molar-refractivity contribution is -0.137. The number of aromatic nitrogens is 4. The first kappa shape index (κ1) is 34.1. The maximum atomic E-state index is 16.0. The number of pyridine rings is 1. The number of nitrogens with zero attached hydrogens (tertiary/aromatic N) is 5. The number of nitrogens with one attached hydrogen (secondary N) is 1. The van der Waals surface area contributed by atoms with Crippen molar-refractivity contribution in [2.45, 2.75) is 62.9 Å². The SMILES string of the molecule is Cc1ccc(S(=O)(=O)n2cc(-c3cncc4cnc(NCC5(F)CCCN(C(=O)OC(C)(C)C)C5)nc34)c3ccc(C(F)(F)F)cc32)cc1. The Bertz CT molecular complexity index is 2160. The van der Waals surface area contributed by atoms with Crippen molar-refractivity contribution >= 4 is 43.9 Å². The number of aryl methyl sites for hydroxylation is 1. The number of rotatable bonds is 6. The third-order valence-electron chi connectivity index (χ3n) is 8.20. The van der Waals surface area contributed by atoms with Gasteiger partial charge in [-0.05, 0) is 64.8 Å². The molecule has 0 bridgehead atoms. The average Bonchev–Trinajstić information content (AvgIpc) is 3.42. The van der Waals surface area contributed by atoms with Crippen LogP contribution in [0.1, 0.15) is 44.7 Å². The first-order chi connectivity index (χ1) is 22.9. The van der Waals surface area contributed by atoms with Crippen molar-refractivity contribution in [3.05, 3.63) is 78.4 Å². The molecule has 2 aromatic carbocycles. The summed E-state index contributed by atoms with van der Waals surface area (Å²) in [6, 6.07) is 8.91. The molecule has 1 amide bonds. The van der Waals surface area contributed by atoms with Gasteiger partial charge >= 0.3 is 12.3 Å². The highest BCUT2D eigenvalue weighted by Gasteiger charge is 2.39. The fourth-order valence-electron chi connectivity index (χ4n) is 5.80. The van der Waals surface area contributed by atoms with E-state index in [4.69, 9.17) is 4.74 Å². The number of piperidine rings is 1. The number of hydrogen-bond acceptors (Lipinski definition) is 8. The summed E-state index contributed by atoms with van der Waals surface area (Å²) in [6.45, 7) is 6.95.